The highest BCUT2D eigenvalue weighted by Gasteiger charge is 2.26. The molecule has 1 saturated heterocycles. The van der Waals surface area contributed by atoms with Gasteiger partial charge in [0.1, 0.15) is 11.2 Å². The van der Waals surface area contributed by atoms with Crippen molar-refractivity contribution in [2.45, 2.75) is 38.4 Å². The zero-order valence-corrected chi connectivity index (χ0v) is 18.4. The summed E-state index contributed by atoms with van der Waals surface area (Å²) in [5, 5.41) is 16.8. The first-order valence-electron chi connectivity index (χ1n) is 10.2. The van der Waals surface area contributed by atoms with E-state index in [-0.39, 0.29) is 0 Å². The molecule has 0 saturated carbocycles. The topological polar surface area (TPSA) is 61.8 Å². The Kier molecular flexibility index (Phi) is 5.59. The summed E-state index contributed by atoms with van der Waals surface area (Å²) in [4.78, 5) is 2.19. The first kappa shape index (κ1) is 20.9. The van der Waals surface area contributed by atoms with Crippen LogP contribution in [0.25, 0.3) is 27.7 Å². The van der Waals surface area contributed by atoms with E-state index in [9.17, 15) is 4.39 Å². The number of benzene rings is 1. The predicted molar refractivity (Wildman–Crippen MR) is 120 cm³/mol. The maximum atomic E-state index is 13.9. The number of halogens is 2. The maximum Gasteiger partial charge on any atom is 0.118 e. The van der Waals surface area contributed by atoms with Crippen molar-refractivity contribution >= 4 is 28.2 Å². The second-order valence-electron chi connectivity index (χ2n) is 8.75. The molecule has 160 valence electrons. The van der Waals surface area contributed by atoms with E-state index in [2.05, 4.69) is 38.2 Å². The summed E-state index contributed by atoms with van der Waals surface area (Å²) in [5.74, 6) is 0. The molecule has 0 radical (unpaired) electrons. The molecule has 0 bridgehead atoms. The van der Waals surface area contributed by atoms with Gasteiger partial charge in [0.2, 0.25) is 0 Å². The van der Waals surface area contributed by atoms with Gasteiger partial charge >= 0.3 is 0 Å². The largest absolute Gasteiger partial charge is 0.381 e. The minimum atomic E-state index is -1.16. The van der Waals surface area contributed by atoms with Crippen molar-refractivity contribution in [2.75, 3.05) is 19.6 Å². The number of hydrogen-bond donors (Lipinski definition) is 2. The Labute approximate surface area is 181 Å². The smallest absolute Gasteiger partial charge is 0.118 e. The lowest BCUT2D eigenvalue weighted by molar-refractivity contribution is 0.104. The van der Waals surface area contributed by atoms with E-state index >= 15 is 0 Å². The molecule has 1 fully saturated rings. The number of fused-ring (bicyclic) bond motifs is 1. The number of piperidine rings is 1. The number of aromatic nitrogens is 4. The van der Waals surface area contributed by atoms with E-state index in [1.165, 1.54) is 0 Å². The molecule has 1 aliphatic rings. The molecule has 1 aromatic carbocycles. The molecule has 0 unspecified atom stereocenters. The number of H-pyrrole nitrogens is 1. The van der Waals surface area contributed by atoms with Crippen LogP contribution in [0.5, 0.6) is 0 Å². The fraction of sp³-hybridized carbons (Fsp3) is 0.455. The Hall–Kier alpha value is -2.38. The third-order valence-electron chi connectivity index (χ3n) is 5.52. The van der Waals surface area contributed by atoms with Crippen molar-refractivity contribution in [3.05, 3.63) is 41.8 Å². The number of hydrogen-bond acceptors (Lipinski definition) is 4. The molecule has 0 amide bonds. The average molecular weight is 431 g/mol. The highest BCUT2D eigenvalue weighted by molar-refractivity contribution is 6.35. The predicted octanol–water partition coefficient (Wildman–Crippen LogP) is 4.39. The van der Waals surface area contributed by atoms with Crippen LogP contribution >= 0.6 is 11.6 Å². The van der Waals surface area contributed by atoms with Crippen molar-refractivity contribution in [1.29, 1.82) is 0 Å². The lowest BCUT2D eigenvalue weighted by atomic mass is 10.0. The number of nitrogens with zero attached hydrogens (tertiary/aromatic N) is 4. The lowest BCUT2D eigenvalue weighted by Gasteiger charge is -2.35. The fourth-order valence-corrected chi connectivity index (χ4v) is 4.39. The highest BCUT2D eigenvalue weighted by Crippen LogP contribution is 2.33. The van der Waals surface area contributed by atoms with Crippen molar-refractivity contribution in [3.63, 3.8) is 0 Å². The van der Waals surface area contributed by atoms with E-state index in [0.29, 0.717) is 17.6 Å². The molecule has 0 aliphatic carbocycles. The summed E-state index contributed by atoms with van der Waals surface area (Å²) in [7, 11) is 1.89. The molecule has 30 heavy (non-hydrogen) atoms. The number of aryl methyl sites for hydroxylation is 1. The fourth-order valence-electron chi connectivity index (χ4n) is 4.13. The molecular weight excluding hydrogens is 403 g/mol. The zero-order chi connectivity index (χ0) is 21.5. The van der Waals surface area contributed by atoms with E-state index in [4.69, 9.17) is 11.6 Å². The first-order valence-corrected chi connectivity index (χ1v) is 10.6. The molecule has 1 aliphatic heterocycles. The summed E-state index contributed by atoms with van der Waals surface area (Å²) >= 11 is 6.50. The summed E-state index contributed by atoms with van der Waals surface area (Å²) in [6.45, 7) is 9.73. The van der Waals surface area contributed by atoms with Gasteiger partial charge in [0.05, 0.1) is 22.6 Å². The van der Waals surface area contributed by atoms with Crippen molar-refractivity contribution in [1.82, 2.24) is 30.2 Å². The van der Waals surface area contributed by atoms with Crippen LogP contribution in [0.3, 0.4) is 0 Å². The van der Waals surface area contributed by atoms with Gasteiger partial charge in [0.15, 0.2) is 0 Å². The minimum absolute atomic E-state index is 0.298. The number of rotatable bonds is 6. The Morgan fingerprint density at radius 2 is 2.07 bits per heavy atom. The molecule has 0 atom stereocenters. The first-order chi connectivity index (χ1) is 14.2. The van der Waals surface area contributed by atoms with Crippen molar-refractivity contribution < 1.29 is 4.39 Å². The van der Waals surface area contributed by atoms with Gasteiger partial charge in [-0.15, -0.1) is 0 Å². The second kappa shape index (κ2) is 8.04. The molecule has 6 nitrogen and oxygen atoms in total. The van der Waals surface area contributed by atoms with Gasteiger partial charge in [-0.2, -0.15) is 10.2 Å². The van der Waals surface area contributed by atoms with Gasteiger partial charge in [0.25, 0.3) is 0 Å². The quantitative estimate of drug-likeness (QED) is 0.608. The number of nitrogens with one attached hydrogen (secondary N) is 2. The number of alkyl halides is 1. The zero-order valence-electron chi connectivity index (χ0n) is 17.7. The molecule has 2 aromatic heterocycles. The van der Waals surface area contributed by atoms with E-state index in [1.54, 1.807) is 18.5 Å². The summed E-state index contributed by atoms with van der Waals surface area (Å²) in [6, 6.07) is 4.27. The van der Waals surface area contributed by atoms with Crippen LogP contribution < -0.4 is 5.32 Å². The van der Waals surface area contributed by atoms with Crippen molar-refractivity contribution in [3.8, 4) is 11.1 Å². The van der Waals surface area contributed by atoms with E-state index in [0.717, 1.165) is 59.4 Å². The van der Waals surface area contributed by atoms with Crippen LogP contribution in [0, 0.1) is 0 Å². The standard InChI is InChI=1S/C22H28ClFN6/c1-14(26-17-5-7-30(8-6-17)13-22(2,3)24)20-18-9-15(16-11-25-29(4)12-16)10-19(23)21(18)28-27-20/h9-12,17,26H,1,5-8,13H2,2-4H3,(H,27,28). The minimum Gasteiger partial charge on any atom is -0.381 e. The second-order valence-corrected chi connectivity index (χ2v) is 9.15. The van der Waals surface area contributed by atoms with Crippen molar-refractivity contribution in [2.24, 2.45) is 7.05 Å². The molecule has 4 rings (SSSR count). The van der Waals surface area contributed by atoms with Gasteiger partial charge in [-0.05, 0) is 44.4 Å². The summed E-state index contributed by atoms with van der Waals surface area (Å²) < 4.78 is 15.7. The van der Waals surface area contributed by atoms with Gasteiger partial charge in [-0.3, -0.25) is 9.78 Å². The Morgan fingerprint density at radius 1 is 1.33 bits per heavy atom. The van der Waals surface area contributed by atoms with Gasteiger partial charge in [0, 0.05) is 49.9 Å². The summed E-state index contributed by atoms with van der Waals surface area (Å²) in [5.41, 5.74) is 3.17. The molecule has 0 spiro atoms. The van der Waals surface area contributed by atoms with E-state index in [1.807, 2.05) is 25.5 Å². The van der Waals surface area contributed by atoms with Gasteiger partial charge in [-0.1, -0.05) is 18.2 Å². The van der Waals surface area contributed by atoms with Crippen LogP contribution in [0.2, 0.25) is 5.02 Å². The highest BCUT2D eigenvalue weighted by atomic mass is 35.5. The maximum absolute atomic E-state index is 13.9. The van der Waals surface area contributed by atoms with Crippen LogP contribution in [0.4, 0.5) is 4.39 Å². The van der Waals surface area contributed by atoms with Gasteiger partial charge in [-0.25, -0.2) is 4.39 Å². The van der Waals surface area contributed by atoms with Crippen LogP contribution in [0.15, 0.2) is 31.1 Å². The van der Waals surface area contributed by atoms with E-state index < -0.39 is 5.67 Å². The number of likely N-dealkylation sites (tertiary alicyclic amines) is 1. The number of aromatic amines is 1. The Morgan fingerprint density at radius 3 is 2.70 bits per heavy atom. The summed E-state index contributed by atoms with van der Waals surface area (Å²) in [6.07, 6.45) is 5.67. The third kappa shape index (κ3) is 4.52. The molecule has 8 heteroatoms. The van der Waals surface area contributed by atoms with Gasteiger partial charge < -0.3 is 10.2 Å². The molecule has 2 N–H and O–H groups in total. The monoisotopic (exact) mass is 430 g/mol. The molecule has 3 heterocycles. The van der Waals surface area contributed by atoms with Crippen LogP contribution in [0.1, 0.15) is 32.4 Å². The van der Waals surface area contributed by atoms with Crippen LogP contribution in [-0.4, -0.2) is 56.2 Å². The molecule has 3 aromatic rings. The lowest BCUT2D eigenvalue weighted by Crippen LogP contribution is -2.45. The van der Waals surface area contributed by atoms with Crippen LogP contribution in [-0.2, 0) is 7.05 Å². The molecular formula is C22H28ClFN6. The normalized spacial score (nSPS) is 16.3. The average Bonchev–Trinajstić information content (AvgIpc) is 3.28. The third-order valence-corrected chi connectivity index (χ3v) is 5.81. The Balaban J connectivity index is 1.49. The Bertz CT molecular complexity index is 1060. The SMILES string of the molecule is C=C(NC1CCN(CC(C)(C)F)CC1)c1[nH]nc2c(Cl)cc(-c3cnn(C)c3)cc12.